The Morgan fingerprint density at radius 1 is 0.460 bits per heavy atom. The second-order valence-corrected chi connectivity index (χ2v) is 16.0. The van der Waals surface area contributed by atoms with Crippen LogP contribution in [0.3, 0.4) is 0 Å². The lowest BCUT2D eigenvalue weighted by molar-refractivity contribution is 1.18. The fourth-order valence-corrected chi connectivity index (χ4v) is 12.5. The van der Waals surface area contributed by atoms with Gasteiger partial charge in [0.1, 0.15) is 12.1 Å². The van der Waals surface area contributed by atoms with Crippen LogP contribution in [0.4, 0.5) is 0 Å². The van der Waals surface area contributed by atoms with E-state index in [1.54, 1.807) is 0 Å². The maximum absolute atomic E-state index is 10.8. The molecule has 4 nitrogen and oxygen atoms in total. The largest absolute Gasteiger partial charge is 0.309 e. The number of nitrogens with zero attached hydrogens (tertiary/aromatic N) is 4. The summed E-state index contributed by atoms with van der Waals surface area (Å²) in [6, 6.07) is 65.0. The maximum atomic E-state index is 10.8. The summed E-state index contributed by atoms with van der Waals surface area (Å²) in [6.07, 6.45) is 0. The molecular formula is C45H28N4Si. The van der Waals surface area contributed by atoms with E-state index < -0.39 is 8.07 Å². The van der Waals surface area contributed by atoms with Crippen LogP contribution in [0.2, 0.25) is 0 Å². The molecule has 8 rings (SSSR count). The molecular weight excluding hydrogens is 625 g/mol. The van der Waals surface area contributed by atoms with Crippen LogP contribution in [-0.4, -0.2) is 12.6 Å². The predicted molar refractivity (Wildman–Crippen MR) is 204 cm³/mol. The molecule has 0 amide bonds. The van der Waals surface area contributed by atoms with Crippen LogP contribution in [0.25, 0.3) is 38.6 Å². The lowest BCUT2D eigenvalue weighted by Gasteiger charge is -2.36. The number of nitriles is 3. The molecule has 0 saturated carbocycles. The summed E-state index contributed by atoms with van der Waals surface area (Å²) in [6.45, 7) is 0. The van der Waals surface area contributed by atoms with Crippen molar-refractivity contribution in [1.82, 2.24) is 4.57 Å². The smallest absolute Gasteiger partial charge is 0.180 e. The minimum absolute atomic E-state index is 0.350. The van der Waals surface area contributed by atoms with Gasteiger partial charge in [-0.15, -0.1) is 0 Å². The predicted octanol–water partition coefficient (Wildman–Crippen LogP) is 7.44. The Morgan fingerprint density at radius 2 is 1.02 bits per heavy atom. The first-order valence-corrected chi connectivity index (χ1v) is 18.4. The zero-order chi connectivity index (χ0) is 34.1. The van der Waals surface area contributed by atoms with E-state index in [1.807, 2.05) is 54.6 Å². The Balaban J connectivity index is 1.43. The fraction of sp³-hybridized carbons (Fsp3) is 0. The number of benzene rings is 7. The Bertz CT molecular complexity index is 2560. The van der Waals surface area contributed by atoms with Crippen molar-refractivity contribution >= 4 is 50.6 Å². The monoisotopic (exact) mass is 652 g/mol. The molecule has 0 N–H and O–H groups in total. The standard InChI is InChI=1S/C45H28N4Si/c46-29-32-20-26-43-40(28-32)39-18-10-11-19-42(39)49(43)35-24-21-33(22-25-35)45-41(31-48)34(30-47)23-27-44(45)50(36-12-4-1-5-13-36,37-14-6-2-7-15-37)38-16-8-3-9-17-38/h1-28H. The topological polar surface area (TPSA) is 76.3 Å². The van der Waals surface area contributed by atoms with Crippen molar-refractivity contribution in [3.8, 4) is 35.0 Å². The van der Waals surface area contributed by atoms with Gasteiger partial charge in [0.05, 0.1) is 33.8 Å². The number of rotatable bonds is 6. The van der Waals surface area contributed by atoms with Gasteiger partial charge >= 0.3 is 0 Å². The summed E-state index contributed by atoms with van der Waals surface area (Å²) < 4.78 is 2.21. The molecule has 1 heterocycles. The second kappa shape index (κ2) is 12.6. The van der Waals surface area contributed by atoms with Crippen LogP contribution in [0.1, 0.15) is 16.7 Å². The molecule has 232 valence electrons. The first kappa shape index (κ1) is 30.4. The summed E-state index contributed by atoms with van der Waals surface area (Å²) >= 11 is 0. The SMILES string of the molecule is N#Cc1ccc2c(c1)c1ccccc1n2-c1ccc(-c2c([Si](c3ccccc3)(c3ccccc3)c3ccccc3)ccc(C#N)c2C#N)cc1. The van der Waals surface area contributed by atoms with E-state index in [9.17, 15) is 15.8 Å². The number of aromatic nitrogens is 1. The molecule has 0 radical (unpaired) electrons. The van der Waals surface area contributed by atoms with Crippen molar-refractivity contribution in [2.45, 2.75) is 0 Å². The van der Waals surface area contributed by atoms with Gasteiger partial charge in [0.25, 0.3) is 0 Å². The van der Waals surface area contributed by atoms with E-state index in [4.69, 9.17) is 0 Å². The molecule has 0 saturated heterocycles. The highest BCUT2D eigenvalue weighted by Gasteiger charge is 2.43. The first-order valence-electron chi connectivity index (χ1n) is 16.4. The van der Waals surface area contributed by atoms with Gasteiger partial charge in [-0.25, -0.2) is 0 Å². The number of hydrogen-bond acceptors (Lipinski definition) is 3. The third-order valence-corrected chi connectivity index (χ3v) is 14.5. The first-order chi connectivity index (χ1) is 24.7. The summed E-state index contributed by atoms with van der Waals surface area (Å²) in [5.41, 5.74) is 5.99. The minimum Gasteiger partial charge on any atom is -0.309 e. The van der Waals surface area contributed by atoms with E-state index in [0.717, 1.165) is 43.8 Å². The van der Waals surface area contributed by atoms with E-state index in [0.29, 0.717) is 16.7 Å². The zero-order valence-electron chi connectivity index (χ0n) is 27.0. The van der Waals surface area contributed by atoms with Crippen molar-refractivity contribution in [1.29, 1.82) is 15.8 Å². The van der Waals surface area contributed by atoms with Crippen molar-refractivity contribution in [3.05, 3.63) is 187 Å². The van der Waals surface area contributed by atoms with Crippen LogP contribution in [0.5, 0.6) is 0 Å². The Labute approximate surface area is 291 Å². The Morgan fingerprint density at radius 3 is 1.58 bits per heavy atom. The van der Waals surface area contributed by atoms with Gasteiger partial charge in [-0.2, -0.15) is 15.8 Å². The van der Waals surface area contributed by atoms with E-state index >= 15 is 0 Å². The molecule has 5 heteroatoms. The van der Waals surface area contributed by atoms with Gasteiger partial charge in [-0.3, -0.25) is 0 Å². The number of para-hydroxylation sites is 1. The highest BCUT2D eigenvalue weighted by atomic mass is 28.3. The molecule has 8 aromatic rings. The Hall–Kier alpha value is -6.97. The molecule has 0 aliphatic rings. The van der Waals surface area contributed by atoms with Crippen LogP contribution >= 0.6 is 0 Å². The number of fused-ring (bicyclic) bond motifs is 3. The lowest BCUT2D eigenvalue weighted by Crippen LogP contribution is -2.75. The van der Waals surface area contributed by atoms with E-state index in [2.05, 4.69) is 138 Å². The Kier molecular flexibility index (Phi) is 7.63. The molecule has 0 aliphatic carbocycles. The van der Waals surface area contributed by atoms with Crippen molar-refractivity contribution < 1.29 is 0 Å². The van der Waals surface area contributed by atoms with Crippen molar-refractivity contribution in [3.63, 3.8) is 0 Å². The molecule has 0 atom stereocenters. The fourth-order valence-electron chi connectivity index (χ4n) is 7.55. The molecule has 0 spiro atoms. The summed E-state index contributed by atoms with van der Waals surface area (Å²) in [4.78, 5) is 0. The average Bonchev–Trinajstić information content (AvgIpc) is 3.53. The van der Waals surface area contributed by atoms with Gasteiger partial charge in [0.2, 0.25) is 0 Å². The van der Waals surface area contributed by atoms with Crippen LogP contribution in [0, 0.1) is 34.0 Å². The molecule has 1 aromatic heterocycles. The maximum Gasteiger partial charge on any atom is 0.180 e. The van der Waals surface area contributed by atoms with Gasteiger partial charge in [-0.1, -0.05) is 127 Å². The average molecular weight is 653 g/mol. The van der Waals surface area contributed by atoms with Gasteiger partial charge in [-0.05, 0) is 68.8 Å². The molecule has 0 fully saturated rings. The quantitative estimate of drug-likeness (QED) is 0.138. The number of hydrogen-bond donors (Lipinski definition) is 0. The van der Waals surface area contributed by atoms with Crippen LogP contribution < -0.4 is 20.7 Å². The molecule has 0 unspecified atom stereocenters. The van der Waals surface area contributed by atoms with Gasteiger partial charge < -0.3 is 4.57 Å². The third kappa shape index (κ3) is 4.72. The van der Waals surface area contributed by atoms with E-state index in [-0.39, 0.29) is 0 Å². The summed E-state index contributed by atoms with van der Waals surface area (Å²) in [5, 5.41) is 37.3. The van der Waals surface area contributed by atoms with Crippen molar-refractivity contribution in [2.75, 3.05) is 0 Å². The normalized spacial score (nSPS) is 11.1. The highest BCUT2D eigenvalue weighted by molar-refractivity contribution is 7.20. The lowest BCUT2D eigenvalue weighted by atomic mass is 9.96. The van der Waals surface area contributed by atoms with Gasteiger partial charge in [0, 0.05) is 22.0 Å². The third-order valence-electron chi connectivity index (χ3n) is 9.68. The summed E-state index contributed by atoms with van der Waals surface area (Å²) in [7, 11) is -3.05. The van der Waals surface area contributed by atoms with Crippen LogP contribution in [0.15, 0.2) is 170 Å². The molecule has 50 heavy (non-hydrogen) atoms. The second-order valence-electron chi connectivity index (χ2n) is 12.2. The van der Waals surface area contributed by atoms with Crippen molar-refractivity contribution in [2.24, 2.45) is 0 Å². The highest BCUT2D eigenvalue weighted by Crippen LogP contribution is 2.34. The molecule has 0 bridgehead atoms. The minimum atomic E-state index is -3.05. The summed E-state index contributed by atoms with van der Waals surface area (Å²) in [5.74, 6) is 0. The van der Waals surface area contributed by atoms with E-state index in [1.165, 1.54) is 15.6 Å². The van der Waals surface area contributed by atoms with Gasteiger partial charge in [0.15, 0.2) is 8.07 Å². The van der Waals surface area contributed by atoms with Crippen LogP contribution in [-0.2, 0) is 0 Å². The molecule has 0 aliphatic heterocycles. The molecule has 7 aromatic carbocycles. The zero-order valence-corrected chi connectivity index (χ0v) is 28.0.